The normalized spacial score (nSPS) is 35.4. The highest BCUT2D eigenvalue weighted by molar-refractivity contribution is 7.99. The van der Waals surface area contributed by atoms with Gasteiger partial charge in [0, 0.05) is 6.42 Å². The molecule has 0 aromatic rings. The molecule has 1 nitrogen and oxygen atoms in total. The first kappa shape index (κ1) is 9.57. The van der Waals surface area contributed by atoms with E-state index in [-0.39, 0.29) is 0 Å². The first-order valence-corrected chi connectivity index (χ1v) is 6.57. The number of thioether (sulfide) groups is 1. The molecule has 2 aliphatic rings. The third-order valence-corrected chi connectivity index (χ3v) is 4.68. The molecule has 0 amide bonds. The summed E-state index contributed by atoms with van der Waals surface area (Å²) in [4.78, 5) is 10.3. The highest BCUT2D eigenvalue weighted by Crippen LogP contribution is 2.44. The number of hydrogen-bond donors (Lipinski definition) is 0. The zero-order chi connectivity index (χ0) is 9.10. The Balaban J connectivity index is 1.69. The van der Waals surface area contributed by atoms with E-state index < -0.39 is 0 Å². The van der Waals surface area contributed by atoms with E-state index in [0.29, 0.717) is 0 Å². The van der Waals surface area contributed by atoms with Gasteiger partial charge in [-0.05, 0) is 54.9 Å². The molecule has 1 heterocycles. The SMILES string of the molecule is O=CCC1CC(C2CCSCC2)C1. The Morgan fingerprint density at radius 1 is 1.15 bits per heavy atom. The minimum absolute atomic E-state index is 0.747. The molecule has 0 N–H and O–H groups in total. The topological polar surface area (TPSA) is 17.1 Å². The van der Waals surface area contributed by atoms with Crippen molar-refractivity contribution in [1.29, 1.82) is 0 Å². The fourth-order valence-electron chi connectivity index (χ4n) is 2.69. The van der Waals surface area contributed by atoms with Gasteiger partial charge in [-0.1, -0.05) is 0 Å². The van der Waals surface area contributed by atoms with Crippen LogP contribution in [0.4, 0.5) is 0 Å². The average molecular weight is 198 g/mol. The van der Waals surface area contributed by atoms with Crippen LogP contribution in [0.25, 0.3) is 0 Å². The van der Waals surface area contributed by atoms with Crippen LogP contribution in [-0.4, -0.2) is 17.8 Å². The van der Waals surface area contributed by atoms with Gasteiger partial charge in [-0.2, -0.15) is 11.8 Å². The summed E-state index contributed by atoms with van der Waals surface area (Å²) in [5.74, 6) is 5.48. The maximum Gasteiger partial charge on any atom is 0.120 e. The standard InChI is InChI=1S/C11H18OS/c12-4-1-9-7-11(8-9)10-2-5-13-6-3-10/h4,9-11H,1-3,5-8H2. The van der Waals surface area contributed by atoms with Gasteiger partial charge in [0.15, 0.2) is 0 Å². The predicted molar refractivity (Wildman–Crippen MR) is 56.9 cm³/mol. The Bertz CT molecular complexity index is 169. The molecule has 2 heteroatoms. The van der Waals surface area contributed by atoms with Gasteiger partial charge >= 0.3 is 0 Å². The van der Waals surface area contributed by atoms with Crippen molar-refractivity contribution < 1.29 is 4.79 Å². The molecular formula is C11H18OS. The molecule has 0 bridgehead atoms. The first-order chi connectivity index (χ1) is 6.40. The van der Waals surface area contributed by atoms with Crippen molar-refractivity contribution in [2.24, 2.45) is 17.8 Å². The maximum atomic E-state index is 10.3. The van der Waals surface area contributed by atoms with Crippen LogP contribution in [0.5, 0.6) is 0 Å². The van der Waals surface area contributed by atoms with Gasteiger partial charge in [0.2, 0.25) is 0 Å². The molecule has 0 unspecified atom stereocenters. The summed E-state index contributed by atoms with van der Waals surface area (Å²) in [6.45, 7) is 0. The lowest BCUT2D eigenvalue weighted by Gasteiger charge is -2.41. The summed E-state index contributed by atoms with van der Waals surface area (Å²) in [7, 11) is 0. The van der Waals surface area contributed by atoms with Crippen LogP contribution >= 0.6 is 11.8 Å². The average Bonchev–Trinajstić information content (AvgIpc) is 2.12. The lowest BCUT2D eigenvalue weighted by Crippen LogP contribution is -2.32. The number of aldehydes is 1. The smallest absolute Gasteiger partial charge is 0.120 e. The third kappa shape index (κ3) is 2.28. The molecule has 1 saturated carbocycles. The van der Waals surface area contributed by atoms with E-state index in [0.717, 1.165) is 30.5 Å². The lowest BCUT2D eigenvalue weighted by molar-refractivity contribution is -0.109. The summed E-state index contributed by atoms with van der Waals surface area (Å²) in [6, 6.07) is 0. The largest absolute Gasteiger partial charge is 0.303 e. The Hall–Kier alpha value is 0.0200. The van der Waals surface area contributed by atoms with Gasteiger partial charge in [-0.25, -0.2) is 0 Å². The highest BCUT2D eigenvalue weighted by Gasteiger charge is 2.34. The van der Waals surface area contributed by atoms with Crippen molar-refractivity contribution in [3.63, 3.8) is 0 Å². The number of hydrogen-bond acceptors (Lipinski definition) is 2. The summed E-state index contributed by atoms with van der Waals surface area (Å²) >= 11 is 2.11. The Morgan fingerprint density at radius 2 is 1.85 bits per heavy atom. The molecule has 1 aliphatic carbocycles. The quantitative estimate of drug-likeness (QED) is 0.649. The summed E-state index contributed by atoms with van der Waals surface area (Å²) in [5.41, 5.74) is 0. The predicted octanol–water partition coefficient (Wildman–Crippen LogP) is 2.74. The van der Waals surface area contributed by atoms with Gasteiger partial charge in [0.1, 0.15) is 6.29 Å². The first-order valence-electron chi connectivity index (χ1n) is 5.41. The second-order valence-corrected chi connectivity index (χ2v) is 5.67. The van der Waals surface area contributed by atoms with Crippen molar-refractivity contribution in [3.05, 3.63) is 0 Å². The molecule has 0 radical (unpaired) electrons. The van der Waals surface area contributed by atoms with Crippen molar-refractivity contribution in [2.45, 2.75) is 32.1 Å². The van der Waals surface area contributed by atoms with E-state index in [1.165, 1.54) is 37.2 Å². The van der Waals surface area contributed by atoms with Crippen LogP contribution in [0, 0.1) is 17.8 Å². The molecule has 2 rings (SSSR count). The van der Waals surface area contributed by atoms with E-state index >= 15 is 0 Å². The van der Waals surface area contributed by atoms with E-state index in [9.17, 15) is 4.79 Å². The van der Waals surface area contributed by atoms with E-state index in [1.807, 2.05) is 0 Å². The van der Waals surface area contributed by atoms with Crippen LogP contribution in [-0.2, 0) is 4.79 Å². The van der Waals surface area contributed by atoms with Crippen LogP contribution in [0.1, 0.15) is 32.1 Å². The molecular weight excluding hydrogens is 180 g/mol. The zero-order valence-corrected chi connectivity index (χ0v) is 8.89. The summed E-state index contributed by atoms with van der Waals surface area (Å²) in [5, 5.41) is 0. The molecule has 0 spiro atoms. The Morgan fingerprint density at radius 3 is 2.46 bits per heavy atom. The number of carbonyl (C=O) groups is 1. The van der Waals surface area contributed by atoms with Crippen molar-refractivity contribution in [2.75, 3.05) is 11.5 Å². The molecule has 1 saturated heterocycles. The van der Waals surface area contributed by atoms with Gasteiger partial charge in [0.25, 0.3) is 0 Å². The van der Waals surface area contributed by atoms with Gasteiger partial charge in [-0.3, -0.25) is 0 Å². The fraction of sp³-hybridized carbons (Fsp3) is 0.909. The molecule has 1 aliphatic heterocycles. The lowest BCUT2D eigenvalue weighted by atomic mass is 9.66. The molecule has 0 atom stereocenters. The van der Waals surface area contributed by atoms with Gasteiger partial charge in [-0.15, -0.1) is 0 Å². The molecule has 0 aromatic heterocycles. The van der Waals surface area contributed by atoms with Crippen LogP contribution in [0.15, 0.2) is 0 Å². The third-order valence-electron chi connectivity index (χ3n) is 3.63. The Labute approximate surface area is 84.7 Å². The van der Waals surface area contributed by atoms with Crippen LogP contribution in [0.3, 0.4) is 0 Å². The maximum absolute atomic E-state index is 10.3. The molecule has 2 fully saturated rings. The van der Waals surface area contributed by atoms with E-state index in [2.05, 4.69) is 11.8 Å². The number of carbonyl (C=O) groups excluding carboxylic acids is 1. The van der Waals surface area contributed by atoms with Crippen molar-refractivity contribution in [3.8, 4) is 0 Å². The van der Waals surface area contributed by atoms with Crippen LogP contribution < -0.4 is 0 Å². The fourth-order valence-corrected chi connectivity index (χ4v) is 3.83. The van der Waals surface area contributed by atoms with Crippen molar-refractivity contribution >= 4 is 18.0 Å². The monoisotopic (exact) mass is 198 g/mol. The number of rotatable bonds is 3. The second-order valence-electron chi connectivity index (χ2n) is 4.45. The molecule has 0 aromatic carbocycles. The van der Waals surface area contributed by atoms with Gasteiger partial charge in [0.05, 0.1) is 0 Å². The van der Waals surface area contributed by atoms with Crippen molar-refractivity contribution in [1.82, 2.24) is 0 Å². The summed E-state index contributed by atoms with van der Waals surface area (Å²) in [6.07, 6.45) is 7.46. The van der Waals surface area contributed by atoms with E-state index in [1.54, 1.807) is 0 Å². The van der Waals surface area contributed by atoms with Crippen LogP contribution in [0.2, 0.25) is 0 Å². The zero-order valence-electron chi connectivity index (χ0n) is 8.08. The van der Waals surface area contributed by atoms with E-state index in [4.69, 9.17) is 0 Å². The minimum atomic E-state index is 0.747. The molecule has 74 valence electrons. The molecule has 13 heavy (non-hydrogen) atoms. The van der Waals surface area contributed by atoms with Gasteiger partial charge < -0.3 is 4.79 Å². The summed E-state index contributed by atoms with van der Waals surface area (Å²) < 4.78 is 0. The Kier molecular flexibility index (Phi) is 3.31. The second kappa shape index (κ2) is 4.50. The minimum Gasteiger partial charge on any atom is -0.303 e. The highest BCUT2D eigenvalue weighted by atomic mass is 32.2.